The summed E-state index contributed by atoms with van der Waals surface area (Å²) in [5.74, 6) is -1.29. The summed E-state index contributed by atoms with van der Waals surface area (Å²) in [5.41, 5.74) is 1.32. The van der Waals surface area contributed by atoms with Crippen molar-refractivity contribution in [1.82, 2.24) is 9.97 Å². The van der Waals surface area contributed by atoms with Gasteiger partial charge in [-0.25, -0.2) is 9.37 Å². The molecule has 5 nitrogen and oxygen atoms in total. The number of amides is 1. The number of fused-ring (bicyclic) bond motifs is 1. The van der Waals surface area contributed by atoms with Crippen LogP contribution < -0.4 is 5.32 Å². The van der Waals surface area contributed by atoms with Crippen molar-refractivity contribution in [3.8, 4) is 5.75 Å². The summed E-state index contributed by atoms with van der Waals surface area (Å²) in [4.78, 5) is 19.0. The number of benzene rings is 2. The number of carbonyl (C=O) groups is 1. The number of anilines is 1. The first-order valence-electron chi connectivity index (χ1n) is 5.88. The van der Waals surface area contributed by atoms with Gasteiger partial charge in [0.25, 0.3) is 5.91 Å². The Kier molecular flexibility index (Phi) is 2.83. The van der Waals surface area contributed by atoms with Crippen LogP contribution in [0.25, 0.3) is 11.0 Å². The number of phenols is 1. The predicted octanol–water partition coefficient (Wildman–Crippen LogP) is 2.66. The molecule has 0 fully saturated rings. The van der Waals surface area contributed by atoms with Crippen LogP contribution in [0, 0.1) is 5.82 Å². The largest absolute Gasteiger partial charge is 0.507 e. The van der Waals surface area contributed by atoms with Gasteiger partial charge < -0.3 is 10.1 Å². The fourth-order valence-corrected chi connectivity index (χ4v) is 1.88. The van der Waals surface area contributed by atoms with Crippen molar-refractivity contribution < 1.29 is 14.3 Å². The lowest BCUT2D eigenvalue weighted by Gasteiger charge is -2.04. The third kappa shape index (κ3) is 2.18. The van der Waals surface area contributed by atoms with Crippen LogP contribution in [0.4, 0.5) is 10.3 Å². The number of carbonyl (C=O) groups excluding carboxylic acids is 1. The number of para-hydroxylation sites is 2. The number of aromatic amines is 1. The lowest BCUT2D eigenvalue weighted by molar-refractivity contribution is 0.102. The van der Waals surface area contributed by atoms with Crippen molar-refractivity contribution >= 4 is 22.9 Å². The van der Waals surface area contributed by atoms with E-state index in [4.69, 9.17) is 0 Å². The Morgan fingerprint density at radius 3 is 2.85 bits per heavy atom. The second-order valence-corrected chi connectivity index (χ2v) is 4.22. The molecular weight excluding hydrogens is 261 g/mol. The number of imidazole rings is 1. The molecule has 0 spiro atoms. The number of nitrogens with zero attached hydrogens (tertiary/aromatic N) is 1. The maximum atomic E-state index is 13.1. The van der Waals surface area contributed by atoms with Gasteiger partial charge in [-0.3, -0.25) is 10.1 Å². The number of phenolic OH excluding ortho intramolecular Hbond substituents is 1. The van der Waals surface area contributed by atoms with Crippen molar-refractivity contribution in [3.05, 3.63) is 53.8 Å². The predicted molar refractivity (Wildman–Crippen MR) is 72.1 cm³/mol. The Balaban J connectivity index is 1.90. The molecule has 0 aliphatic rings. The Bertz CT molecular complexity index is 765. The Morgan fingerprint density at radius 2 is 2.05 bits per heavy atom. The van der Waals surface area contributed by atoms with E-state index in [0.717, 1.165) is 23.7 Å². The van der Waals surface area contributed by atoms with Gasteiger partial charge in [0.15, 0.2) is 0 Å². The van der Waals surface area contributed by atoms with E-state index in [0.29, 0.717) is 5.52 Å². The van der Waals surface area contributed by atoms with Crippen molar-refractivity contribution in [2.75, 3.05) is 5.32 Å². The highest BCUT2D eigenvalue weighted by Crippen LogP contribution is 2.20. The number of H-pyrrole nitrogens is 1. The summed E-state index contributed by atoms with van der Waals surface area (Å²) in [6, 6.07) is 10.4. The van der Waals surface area contributed by atoms with Crippen molar-refractivity contribution in [3.63, 3.8) is 0 Å². The highest BCUT2D eigenvalue weighted by Gasteiger charge is 2.14. The van der Waals surface area contributed by atoms with E-state index in [1.165, 1.54) is 0 Å². The summed E-state index contributed by atoms with van der Waals surface area (Å²) in [6.07, 6.45) is 0. The second kappa shape index (κ2) is 4.65. The Morgan fingerprint density at radius 1 is 1.25 bits per heavy atom. The molecule has 0 aliphatic heterocycles. The van der Waals surface area contributed by atoms with E-state index in [2.05, 4.69) is 15.3 Å². The minimum absolute atomic E-state index is 0.148. The van der Waals surface area contributed by atoms with Crippen LogP contribution in [-0.4, -0.2) is 21.0 Å². The molecule has 0 unspecified atom stereocenters. The van der Waals surface area contributed by atoms with E-state index in [-0.39, 0.29) is 17.3 Å². The number of nitrogens with one attached hydrogen (secondary N) is 2. The smallest absolute Gasteiger partial charge is 0.261 e. The number of aromatic hydroxyl groups is 1. The van der Waals surface area contributed by atoms with Gasteiger partial charge >= 0.3 is 0 Å². The number of hydrogen-bond donors (Lipinski definition) is 3. The lowest BCUT2D eigenvalue weighted by atomic mass is 10.2. The van der Waals surface area contributed by atoms with E-state index in [9.17, 15) is 14.3 Å². The van der Waals surface area contributed by atoms with Crippen molar-refractivity contribution in [2.24, 2.45) is 0 Å². The molecule has 1 heterocycles. The van der Waals surface area contributed by atoms with Gasteiger partial charge in [-0.05, 0) is 30.3 Å². The van der Waals surface area contributed by atoms with Crippen molar-refractivity contribution in [2.45, 2.75) is 0 Å². The van der Waals surface area contributed by atoms with Gasteiger partial charge in [0.2, 0.25) is 5.95 Å². The topological polar surface area (TPSA) is 78.0 Å². The molecule has 0 aliphatic carbocycles. The van der Waals surface area contributed by atoms with Gasteiger partial charge in [0.1, 0.15) is 11.6 Å². The maximum Gasteiger partial charge on any atom is 0.261 e. The van der Waals surface area contributed by atoms with Gasteiger partial charge in [-0.1, -0.05) is 12.1 Å². The zero-order chi connectivity index (χ0) is 14.1. The molecule has 6 heteroatoms. The minimum Gasteiger partial charge on any atom is -0.507 e. The molecule has 3 N–H and O–H groups in total. The van der Waals surface area contributed by atoms with E-state index in [1.54, 1.807) is 6.07 Å². The highest BCUT2D eigenvalue weighted by molar-refractivity contribution is 6.05. The molecule has 20 heavy (non-hydrogen) atoms. The molecule has 3 rings (SSSR count). The van der Waals surface area contributed by atoms with Gasteiger partial charge in [0, 0.05) is 0 Å². The first kappa shape index (κ1) is 12.2. The molecule has 0 atom stereocenters. The first-order valence-corrected chi connectivity index (χ1v) is 5.88. The Labute approximate surface area is 113 Å². The lowest BCUT2D eigenvalue weighted by Crippen LogP contribution is -2.13. The zero-order valence-corrected chi connectivity index (χ0v) is 10.2. The van der Waals surface area contributed by atoms with E-state index in [1.807, 2.05) is 18.2 Å². The standard InChI is InChI=1S/C14H10FN3O2/c15-8-5-6-12(19)9(7-8)13(20)18-14-16-10-3-1-2-4-11(10)17-14/h1-7,19H,(H2,16,17,18,20). The molecule has 0 bridgehead atoms. The van der Waals surface area contributed by atoms with Gasteiger partial charge in [-0.2, -0.15) is 0 Å². The molecular formula is C14H10FN3O2. The molecule has 0 saturated carbocycles. The number of aromatic nitrogens is 2. The van der Waals surface area contributed by atoms with Crippen LogP contribution >= 0.6 is 0 Å². The van der Waals surface area contributed by atoms with Gasteiger partial charge in [-0.15, -0.1) is 0 Å². The summed E-state index contributed by atoms with van der Waals surface area (Å²) in [7, 11) is 0. The summed E-state index contributed by atoms with van der Waals surface area (Å²) in [5, 5.41) is 12.0. The number of rotatable bonds is 2. The monoisotopic (exact) mass is 271 g/mol. The summed E-state index contributed by atoms with van der Waals surface area (Å²) >= 11 is 0. The van der Waals surface area contributed by atoms with Crippen molar-refractivity contribution in [1.29, 1.82) is 0 Å². The maximum absolute atomic E-state index is 13.1. The Hall–Kier alpha value is -2.89. The van der Waals surface area contributed by atoms with Crippen LogP contribution in [-0.2, 0) is 0 Å². The number of hydrogen-bond acceptors (Lipinski definition) is 3. The average molecular weight is 271 g/mol. The normalized spacial score (nSPS) is 10.7. The summed E-state index contributed by atoms with van der Waals surface area (Å²) < 4.78 is 13.1. The highest BCUT2D eigenvalue weighted by atomic mass is 19.1. The SMILES string of the molecule is O=C(Nc1nc2ccccc2[nH]1)c1cc(F)ccc1O. The molecule has 1 aromatic heterocycles. The quantitative estimate of drug-likeness (QED) is 0.670. The third-order valence-corrected chi connectivity index (χ3v) is 2.82. The fourth-order valence-electron chi connectivity index (χ4n) is 1.88. The van der Waals surface area contributed by atoms with Crippen LogP contribution in [0.2, 0.25) is 0 Å². The third-order valence-electron chi connectivity index (χ3n) is 2.82. The molecule has 2 aromatic carbocycles. The fraction of sp³-hybridized carbons (Fsp3) is 0. The zero-order valence-electron chi connectivity index (χ0n) is 10.2. The van der Waals surface area contributed by atoms with E-state index >= 15 is 0 Å². The average Bonchev–Trinajstić information content (AvgIpc) is 2.83. The van der Waals surface area contributed by atoms with Gasteiger partial charge in [0.05, 0.1) is 16.6 Å². The van der Waals surface area contributed by atoms with Crippen LogP contribution in [0.1, 0.15) is 10.4 Å². The second-order valence-electron chi connectivity index (χ2n) is 4.22. The minimum atomic E-state index is -0.638. The van der Waals surface area contributed by atoms with Crippen LogP contribution in [0.3, 0.4) is 0 Å². The summed E-state index contributed by atoms with van der Waals surface area (Å²) in [6.45, 7) is 0. The molecule has 3 aromatic rings. The number of halogens is 1. The van der Waals surface area contributed by atoms with Crippen LogP contribution in [0.15, 0.2) is 42.5 Å². The van der Waals surface area contributed by atoms with E-state index < -0.39 is 11.7 Å². The molecule has 0 saturated heterocycles. The van der Waals surface area contributed by atoms with Crippen LogP contribution in [0.5, 0.6) is 5.75 Å². The first-order chi connectivity index (χ1) is 9.63. The molecule has 1 amide bonds. The molecule has 0 radical (unpaired) electrons. The molecule has 100 valence electrons.